The van der Waals surface area contributed by atoms with E-state index in [0.717, 1.165) is 30.9 Å². The maximum absolute atomic E-state index is 14.0. The Kier molecular flexibility index (Phi) is 5.90. The van der Waals surface area contributed by atoms with Crippen molar-refractivity contribution in [3.05, 3.63) is 46.7 Å². The highest BCUT2D eigenvalue weighted by atomic mass is 19.1. The van der Waals surface area contributed by atoms with Gasteiger partial charge in [0, 0.05) is 36.8 Å². The Labute approximate surface area is 191 Å². The Balaban J connectivity index is 1.54. The molecule has 2 aromatic rings. The van der Waals surface area contributed by atoms with Crippen LogP contribution in [0.3, 0.4) is 0 Å². The number of carbonyl (C=O) groups excluding carboxylic acids is 2. The number of likely N-dealkylation sites (N-methyl/N-ethyl adjacent to an activating group) is 1. The summed E-state index contributed by atoms with van der Waals surface area (Å²) in [5.74, 6) is -2.21. The van der Waals surface area contributed by atoms with Gasteiger partial charge < -0.3 is 15.1 Å². The number of nitrogens with zero attached hydrogens (tertiary/aromatic N) is 4. The first kappa shape index (κ1) is 23.2. The second kappa shape index (κ2) is 8.40. The molecular formula is C23H30F2N6O2. The van der Waals surface area contributed by atoms with E-state index in [4.69, 9.17) is 0 Å². The summed E-state index contributed by atoms with van der Waals surface area (Å²) in [7, 11) is 0. The number of nitrogens with one attached hydrogen (secondary N) is 2. The fourth-order valence-corrected chi connectivity index (χ4v) is 4.83. The van der Waals surface area contributed by atoms with Crippen LogP contribution in [0.2, 0.25) is 0 Å². The topological polar surface area (TPSA) is 84.6 Å². The molecule has 0 aliphatic carbocycles. The van der Waals surface area contributed by atoms with Gasteiger partial charge in [0.15, 0.2) is 5.82 Å². The summed E-state index contributed by atoms with van der Waals surface area (Å²) in [6.45, 7) is 12.8. The largest absolute Gasteiger partial charge is 0.321 e. The summed E-state index contributed by atoms with van der Waals surface area (Å²) in [6, 6.07) is 3.04. The molecule has 33 heavy (non-hydrogen) atoms. The third-order valence-corrected chi connectivity index (χ3v) is 6.88. The number of fused-ring (bicyclic) bond motifs is 1. The molecule has 3 amide bonds. The number of aromatic amines is 1. The maximum atomic E-state index is 14.0. The van der Waals surface area contributed by atoms with Crippen LogP contribution in [0.25, 0.3) is 0 Å². The average Bonchev–Trinajstić information content (AvgIpc) is 3.26. The first-order chi connectivity index (χ1) is 15.5. The van der Waals surface area contributed by atoms with E-state index >= 15 is 0 Å². The lowest BCUT2D eigenvalue weighted by molar-refractivity contribution is 0.0373. The van der Waals surface area contributed by atoms with Crippen molar-refractivity contribution in [2.45, 2.75) is 58.8 Å². The average molecular weight is 461 g/mol. The van der Waals surface area contributed by atoms with Crippen molar-refractivity contribution in [2.24, 2.45) is 0 Å². The number of hydrogen-bond acceptors (Lipinski definition) is 4. The third-order valence-electron chi connectivity index (χ3n) is 6.88. The molecule has 10 heteroatoms. The lowest BCUT2D eigenvalue weighted by atomic mass is 10.0. The van der Waals surface area contributed by atoms with Crippen LogP contribution in [0.4, 0.5) is 19.4 Å². The standard InChI is InChI=1S/C23H30F2N6O2/c1-6-29-10-14(3)30(11-13(29)2)22(33)31-12-17-19(23(31,4)5)27-28-20(17)26-21(32)16-8-7-15(24)9-18(16)25/h7-9,13-14H,6,10-12H2,1-5H3,(H2,26,27,28,32)/t13-,14+/m1/s1. The molecule has 8 nitrogen and oxygen atoms in total. The van der Waals surface area contributed by atoms with E-state index in [-0.39, 0.29) is 36.0 Å². The lowest BCUT2D eigenvalue weighted by Crippen LogP contribution is -2.61. The van der Waals surface area contributed by atoms with Crippen molar-refractivity contribution in [3.8, 4) is 0 Å². The van der Waals surface area contributed by atoms with Crippen LogP contribution >= 0.6 is 0 Å². The number of amides is 3. The van der Waals surface area contributed by atoms with Crippen LogP contribution < -0.4 is 5.32 Å². The summed E-state index contributed by atoms with van der Waals surface area (Å²) >= 11 is 0. The Morgan fingerprint density at radius 1 is 1.21 bits per heavy atom. The quantitative estimate of drug-likeness (QED) is 0.734. The van der Waals surface area contributed by atoms with Gasteiger partial charge in [-0.3, -0.25) is 14.8 Å². The van der Waals surface area contributed by atoms with Crippen molar-refractivity contribution in [1.29, 1.82) is 0 Å². The van der Waals surface area contributed by atoms with Crippen LogP contribution in [0.15, 0.2) is 18.2 Å². The predicted octanol–water partition coefficient (Wildman–Crippen LogP) is 3.53. The van der Waals surface area contributed by atoms with Gasteiger partial charge in [-0.05, 0) is 46.4 Å². The summed E-state index contributed by atoms with van der Waals surface area (Å²) in [4.78, 5) is 32.2. The van der Waals surface area contributed by atoms with Crippen LogP contribution in [0.5, 0.6) is 0 Å². The van der Waals surface area contributed by atoms with E-state index in [1.54, 1.807) is 4.90 Å². The van der Waals surface area contributed by atoms with Crippen molar-refractivity contribution in [1.82, 2.24) is 24.9 Å². The molecule has 1 aromatic heterocycles. The van der Waals surface area contributed by atoms with Gasteiger partial charge in [-0.15, -0.1) is 0 Å². The molecule has 3 heterocycles. The van der Waals surface area contributed by atoms with Crippen LogP contribution in [0, 0.1) is 11.6 Å². The van der Waals surface area contributed by atoms with Gasteiger partial charge >= 0.3 is 6.03 Å². The number of aromatic nitrogens is 2. The van der Waals surface area contributed by atoms with Gasteiger partial charge in [0.25, 0.3) is 5.91 Å². The molecule has 0 bridgehead atoms. The molecule has 2 atom stereocenters. The first-order valence-corrected chi connectivity index (χ1v) is 11.2. The Bertz CT molecular complexity index is 1080. The van der Waals surface area contributed by atoms with Crippen molar-refractivity contribution in [2.75, 3.05) is 25.0 Å². The summed E-state index contributed by atoms with van der Waals surface area (Å²) < 4.78 is 27.2. The van der Waals surface area contributed by atoms with Crippen LogP contribution in [0.1, 0.15) is 56.2 Å². The highest BCUT2D eigenvalue weighted by molar-refractivity contribution is 6.04. The van der Waals surface area contributed by atoms with Crippen molar-refractivity contribution >= 4 is 17.8 Å². The second-order valence-corrected chi connectivity index (χ2v) is 9.37. The predicted molar refractivity (Wildman–Crippen MR) is 120 cm³/mol. The molecule has 4 rings (SSSR count). The fourth-order valence-electron chi connectivity index (χ4n) is 4.83. The van der Waals surface area contributed by atoms with Gasteiger partial charge in [0.1, 0.15) is 11.6 Å². The van der Waals surface area contributed by atoms with Crippen LogP contribution in [-0.2, 0) is 12.1 Å². The van der Waals surface area contributed by atoms with E-state index in [2.05, 4.69) is 41.2 Å². The highest BCUT2D eigenvalue weighted by Gasteiger charge is 2.46. The maximum Gasteiger partial charge on any atom is 0.321 e. The number of urea groups is 1. The fraction of sp³-hybridized carbons (Fsp3) is 0.522. The number of carbonyl (C=O) groups is 2. The molecule has 1 fully saturated rings. The molecule has 2 N–H and O–H groups in total. The molecule has 1 saturated heterocycles. The van der Waals surface area contributed by atoms with E-state index in [0.29, 0.717) is 18.2 Å². The number of piperazine rings is 1. The molecule has 1 aromatic carbocycles. The smallest absolute Gasteiger partial charge is 0.319 e. The second-order valence-electron chi connectivity index (χ2n) is 9.37. The van der Waals surface area contributed by atoms with E-state index in [9.17, 15) is 18.4 Å². The zero-order valence-corrected chi connectivity index (χ0v) is 19.6. The minimum Gasteiger partial charge on any atom is -0.319 e. The Morgan fingerprint density at radius 2 is 1.94 bits per heavy atom. The number of halogens is 2. The molecule has 2 aliphatic heterocycles. The number of H-pyrrole nitrogens is 1. The van der Waals surface area contributed by atoms with Gasteiger partial charge in [0.2, 0.25) is 0 Å². The molecule has 0 spiro atoms. The molecule has 178 valence electrons. The SMILES string of the molecule is CCN1C[C@H](C)N(C(=O)N2Cc3c(NC(=O)c4ccc(F)cc4F)n[nH]c3C2(C)C)C[C@H]1C. The zero-order chi connectivity index (χ0) is 24.1. The van der Waals surface area contributed by atoms with Gasteiger partial charge in [-0.25, -0.2) is 13.6 Å². The minimum absolute atomic E-state index is 0.0680. The van der Waals surface area contributed by atoms with E-state index < -0.39 is 23.1 Å². The number of rotatable bonds is 3. The highest BCUT2D eigenvalue weighted by Crippen LogP contribution is 2.41. The Morgan fingerprint density at radius 3 is 2.61 bits per heavy atom. The number of anilines is 1. The van der Waals surface area contributed by atoms with Crippen molar-refractivity contribution in [3.63, 3.8) is 0 Å². The normalized spacial score (nSPS) is 22.4. The number of benzene rings is 1. The van der Waals surface area contributed by atoms with Crippen molar-refractivity contribution < 1.29 is 18.4 Å². The summed E-state index contributed by atoms with van der Waals surface area (Å²) in [5, 5.41) is 9.73. The number of hydrogen-bond donors (Lipinski definition) is 2. The molecule has 0 saturated carbocycles. The molecular weight excluding hydrogens is 430 g/mol. The van der Waals surface area contributed by atoms with Gasteiger partial charge in [0.05, 0.1) is 23.3 Å². The van der Waals surface area contributed by atoms with E-state index in [1.807, 2.05) is 18.7 Å². The lowest BCUT2D eigenvalue weighted by Gasteiger charge is -2.46. The van der Waals surface area contributed by atoms with Crippen LogP contribution in [-0.4, -0.2) is 68.6 Å². The summed E-state index contributed by atoms with van der Waals surface area (Å²) in [6.07, 6.45) is 0. The van der Waals surface area contributed by atoms with Gasteiger partial charge in [-0.1, -0.05) is 6.92 Å². The molecule has 0 unspecified atom stereocenters. The minimum atomic E-state index is -0.953. The van der Waals surface area contributed by atoms with E-state index in [1.165, 1.54) is 0 Å². The molecule has 2 aliphatic rings. The van der Waals surface area contributed by atoms with Gasteiger partial charge in [-0.2, -0.15) is 5.10 Å². The Hall–Kier alpha value is -3.01. The monoisotopic (exact) mass is 460 g/mol. The first-order valence-electron chi connectivity index (χ1n) is 11.2. The third kappa shape index (κ3) is 3.96. The molecule has 0 radical (unpaired) electrons. The summed E-state index contributed by atoms with van der Waals surface area (Å²) in [5.41, 5.74) is 0.444. The zero-order valence-electron chi connectivity index (χ0n) is 19.6.